The Morgan fingerprint density at radius 2 is 2.04 bits per heavy atom. The van der Waals surface area contributed by atoms with Crippen LogP contribution < -0.4 is 0 Å². The van der Waals surface area contributed by atoms with Gasteiger partial charge in [-0.1, -0.05) is 18.2 Å². The van der Waals surface area contributed by atoms with Crippen molar-refractivity contribution in [2.45, 2.75) is 25.7 Å². The van der Waals surface area contributed by atoms with E-state index in [-0.39, 0.29) is 12.1 Å². The second-order valence-electron chi connectivity index (χ2n) is 6.09. The molecular weight excluding hydrogens is 304 g/mol. The molecular formula is C19H22N2O3. The smallest absolute Gasteiger partial charge is 0.336 e. The highest BCUT2D eigenvalue weighted by molar-refractivity contribution is 5.75. The third-order valence-corrected chi connectivity index (χ3v) is 4.15. The van der Waals surface area contributed by atoms with E-state index in [9.17, 15) is 4.79 Å². The lowest BCUT2D eigenvalue weighted by Gasteiger charge is -2.35. The second-order valence-corrected chi connectivity index (χ2v) is 6.09. The van der Waals surface area contributed by atoms with Crippen molar-refractivity contribution in [3.05, 3.63) is 54.4 Å². The predicted octanol–water partition coefficient (Wildman–Crippen LogP) is 2.51. The van der Waals surface area contributed by atoms with Crippen LogP contribution in [0.1, 0.15) is 12.5 Å². The maximum atomic E-state index is 11.8. The van der Waals surface area contributed by atoms with Crippen LogP contribution in [-0.4, -0.2) is 48.3 Å². The SMILES string of the molecule is COC(=O)C1CN(Cc2cccc(-c3ccncc3)c2)C[C@@H](C)O1. The maximum Gasteiger partial charge on any atom is 0.336 e. The van der Waals surface area contributed by atoms with Crippen LogP contribution in [0.3, 0.4) is 0 Å². The fraction of sp³-hybridized carbons (Fsp3) is 0.368. The highest BCUT2D eigenvalue weighted by Gasteiger charge is 2.30. The maximum absolute atomic E-state index is 11.8. The number of pyridine rings is 1. The molecule has 0 aliphatic carbocycles. The summed E-state index contributed by atoms with van der Waals surface area (Å²) in [6, 6.07) is 12.5. The fourth-order valence-corrected chi connectivity index (χ4v) is 3.08. The molecule has 0 N–H and O–H groups in total. The second kappa shape index (κ2) is 7.55. The molecule has 5 heteroatoms. The Morgan fingerprint density at radius 3 is 2.79 bits per heavy atom. The van der Waals surface area contributed by atoms with Crippen LogP contribution in [0.15, 0.2) is 48.8 Å². The van der Waals surface area contributed by atoms with Gasteiger partial charge in [0.25, 0.3) is 0 Å². The molecule has 24 heavy (non-hydrogen) atoms. The molecule has 5 nitrogen and oxygen atoms in total. The number of morpholine rings is 1. The summed E-state index contributed by atoms with van der Waals surface area (Å²) in [4.78, 5) is 18.1. The zero-order valence-electron chi connectivity index (χ0n) is 14.0. The number of hydrogen-bond acceptors (Lipinski definition) is 5. The van der Waals surface area contributed by atoms with Crippen LogP contribution >= 0.6 is 0 Å². The minimum atomic E-state index is -0.512. The van der Waals surface area contributed by atoms with Gasteiger partial charge in [0.15, 0.2) is 6.10 Å². The standard InChI is InChI=1S/C19H22N2O3/c1-14-11-21(13-18(24-14)19(22)23-2)12-15-4-3-5-17(10-15)16-6-8-20-9-7-16/h3-10,14,18H,11-13H2,1-2H3/t14-,18?/m1/s1. The normalized spacial score (nSPS) is 21.4. The molecule has 1 aliphatic rings. The Hall–Kier alpha value is -2.24. The number of ether oxygens (including phenoxy) is 2. The number of hydrogen-bond donors (Lipinski definition) is 0. The molecule has 2 atom stereocenters. The molecule has 1 aromatic heterocycles. The molecule has 1 aromatic carbocycles. The van der Waals surface area contributed by atoms with Gasteiger partial charge in [0.2, 0.25) is 0 Å². The topological polar surface area (TPSA) is 51.7 Å². The summed E-state index contributed by atoms with van der Waals surface area (Å²) in [6.45, 7) is 4.11. The van der Waals surface area contributed by atoms with Crippen LogP contribution in [0.5, 0.6) is 0 Å². The average molecular weight is 326 g/mol. The van der Waals surface area contributed by atoms with Gasteiger partial charge in [-0.15, -0.1) is 0 Å². The molecule has 1 unspecified atom stereocenters. The summed E-state index contributed by atoms with van der Waals surface area (Å²) < 4.78 is 10.5. The van der Waals surface area contributed by atoms with Crippen molar-refractivity contribution in [3.63, 3.8) is 0 Å². The van der Waals surface area contributed by atoms with Gasteiger partial charge in [-0.3, -0.25) is 9.88 Å². The van der Waals surface area contributed by atoms with Crippen LogP contribution in [0.2, 0.25) is 0 Å². The quantitative estimate of drug-likeness (QED) is 0.808. The lowest BCUT2D eigenvalue weighted by molar-refractivity contribution is -0.166. The van der Waals surface area contributed by atoms with Gasteiger partial charge in [0.1, 0.15) is 0 Å². The van der Waals surface area contributed by atoms with Crippen molar-refractivity contribution in [1.82, 2.24) is 9.88 Å². The number of aromatic nitrogens is 1. The fourth-order valence-electron chi connectivity index (χ4n) is 3.08. The van der Waals surface area contributed by atoms with Gasteiger partial charge in [0, 0.05) is 32.0 Å². The summed E-state index contributed by atoms with van der Waals surface area (Å²) in [5.41, 5.74) is 3.53. The first-order valence-electron chi connectivity index (χ1n) is 8.10. The lowest BCUT2D eigenvalue weighted by Crippen LogP contribution is -2.49. The molecule has 1 aliphatic heterocycles. The van der Waals surface area contributed by atoms with Gasteiger partial charge in [-0.25, -0.2) is 4.79 Å². The van der Waals surface area contributed by atoms with Crippen molar-refractivity contribution in [3.8, 4) is 11.1 Å². The highest BCUT2D eigenvalue weighted by Crippen LogP contribution is 2.21. The van der Waals surface area contributed by atoms with Crippen molar-refractivity contribution < 1.29 is 14.3 Å². The molecule has 0 saturated carbocycles. The van der Waals surface area contributed by atoms with E-state index in [1.165, 1.54) is 18.2 Å². The highest BCUT2D eigenvalue weighted by atomic mass is 16.6. The molecule has 1 saturated heterocycles. The average Bonchev–Trinajstić information content (AvgIpc) is 2.61. The van der Waals surface area contributed by atoms with Crippen molar-refractivity contribution in [2.24, 2.45) is 0 Å². The van der Waals surface area contributed by atoms with Crippen LogP contribution in [0.4, 0.5) is 0 Å². The Morgan fingerprint density at radius 1 is 1.25 bits per heavy atom. The predicted molar refractivity (Wildman–Crippen MR) is 91.3 cm³/mol. The molecule has 0 bridgehead atoms. The van der Waals surface area contributed by atoms with Crippen LogP contribution in [-0.2, 0) is 20.8 Å². The number of rotatable bonds is 4. The Bertz CT molecular complexity index is 690. The first-order valence-corrected chi connectivity index (χ1v) is 8.10. The summed E-state index contributed by atoms with van der Waals surface area (Å²) in [5, 5.41) is 0. The van der Waals surface area contributed by atoms with Crippen molar-refractivity contribution in [1.29, 1.82) is 0 Å². The van der Waals surface area contributed by atoms with Crippen LogP contribution in [0.25, 0.3) is 11.1 Å². The first-order chi connectivity index (χ1) is 11.7. The van der Waals surface area contributed by atoms with Gasteiger partial charge in [-0.05, 0) is 41.8 Å². The Kier molecular flexibility index (Phi) is 5.23. The van der Waals surface area contributed by atoms with E-state index in [1.807, 2.05) is 19.1 Å². The van der Waals surface area contributed by atoms with E-state index in [4.69, 9.17) is 9.47 Å². The van der Waals surface area contributed by atoms with Gasteiger partial charge >= 0.3 is 5.97 Å². The van der Waals surface area contributed by atoms with Gasteiger partial charge in [-0.2, -0.15) is 0 Å². The third kappa shape index (κ3) is 3.99. The summed E-state index contributed by atoms with van der Waals surface area (Å²) in [6.07, 6.45) is 3.09. The molecule has 2 heterocycles. The van der Waals surface area contributed by atoms with Crippen LogP contribution in [0, 0.1) is 0 Å². The zero-order valence-corrected chi connectivity index (χ0v) is 14.0. The molecule has 2 aromatic rings. The Balaban J connectivity index is 1.72. The van der Waals surface area contributed by atoms with Crippen molar-refractivity contribution in [2.75, 3.05) is 20.2 Å². The summed E-state index contributed by atoms with van der Waals surface area (Å²) in [5.74, 6) is -0.308. The zero-order chi connectivity index (χ0) is 16.9. The number of carbonyl (C=O) groups is 1. The molecule has 0 amide bonds. The first kappa shape index (κ1) is 16.6. The number of esters is 1. The van der Waals surface area contributed by atoms with Gasteiger partial charge < -0.3 is 9.47 Å². The number of carbonyl (C=O) groups excluding carboxylic acids is 1. The van der Waals surface area contributed by atoms with E-state index in [2.05, 4.69) is 34.1 Å². The molecule has 0 spiro atoms. The van der Waals surface area contributed by atoms with E-state index in [1.54, 1.807) is 12.4 Å². The molecule has 1 fully saturated rings. The largest absolute Gasteiger partial charge is 0.467 e. The van der Waals surface area contributed by atoms with E-state index >= 15 is 0 Å². The van der Waals surface area contributed by atoms with E-state index < -0.39 is 6.10 Å². The lowest BCUT2D eigenvalue weighted by atomic mass is 10.0. The van der Waals surface area contributed by atoms with Crippen molar-refractivity contribution >= 4 is 5.97 Å². The monoisotopic (exact) mass is 326 g/mol. The van der Waals surface area contributed by atoms with E-state index in [0.29, 0.717) is 6.54 Å². The summed E-state index contributed by atoms with van der Waals surface area (Å²) in [7, 11) is 1.40. The minimum Gasteiger partial charge on any atom is -0.467 e. The molecule has 0 radical (unpaired) electrons. The van der Waals surface area contributed by atoms with E-state index in [0.717, 1.165) is 18.7 Å². The number of methoxy groups -OCH3 is 1. The Labute approximate surface area is 142 Å². The van der Waals surface area contributed by atoms with Gasteiger partial charge in [0.05, 0.1) is 13.2 Å². The number of benzene rings is 1. The number of nitrogens with zero attached hydrogens (tertiary/aromatic N) is 2. The summed E-state index contributed by atoms with van der Waals surface area (Å²) >= 11 is 0. The third-order valence-electron chi connectivity index (χ3n) is 4.15. The molecule has 126 valence electrons. The minimum absolute atomic E-state index is 0.00577. The molecule has 3 rings (SSSR count).